The highest BCUT2D eigenvalue weighted by Gasteiger charge is 2.58. The van der Waals surface area contributed by atoms with E-state index in [0.29, 0.717) is 11.8 Å². The second kappa shape index (κ2) is 7.36. The molecule has 2 bridgehead atoms. The van der Waals surface area contributed by atoms with Gasteiger partial charge < -0.3 is 5.11 Å². The predicted octanol–water partition coefficient (Wildman–Crippen LogP) is 6.01. The first-order valence-electron chi connectivity index (χ1n) is 11.8. The Kier molecular flexibility index (Phi) is 4.64. The summed E-state index contributed by atoms with van der Waals surface area (Å²) in [6.07, 6.45) is 7.45. The lowest BCUT2D eigenvalue weighted by atomic mass is 9.44. The Hall–Kier alpha value is -2.79. The molecular weight excluding hydrogens is 420 g/mol. The SMILES string of the molecule is CC1CC2=C(Cc3ccccc32)C(c2c(F)cc(/C=C/C(=O)O)cc2F)N1CC12CC(C1)C2. The van der Waals surface area contributed by atoms with Crippen LogP contribution >= 0.6 is 0 Å². The number of aliphatic carboxylic acids is 1. The lowest BCUT2D eigenvalue weighted by Gasteiger charge is -2.64. The molecule has 170 valence electrons. The van der Waals surface area contributed by atoms with Crippen LogP contribution in [-0.2, 0) is 11.2 Å². The number of carboxylic acid groups (broad SMARTS) is 1. The molecule has 2 unspecified atom stereocenters. The maximum Gasteiger partial charge on any atom is 0.328 e. The minimum Gasteiger partial charge on any atom is -0.478 e. The fourth-order valence-electron chi connectivity index (χ4n) is 6.78. The summed E-state index contributed by atoms with van der Waals surface area (Å²) in [6, 6.07) is 10.6. The summed E-state index contributed by atoms with van der Waals surface area (Å²) in [6.45, 7) is 3.06. The molecule has 0 spiro atoms. The molecular formula is C28H27F2NO2. The Bertz CT molecular complexity index is 1190. The van der Waals surface area contributed by atoms with Gasteiger partial charge in [-0.05, 0) is 96.4 Å². The van der Waals surface area contributed by atoms with Gasteiger partial charge in [0.25, 0.3) is 0 Å². The summed E-state index contributed by atoms with van der Waals surface area (Å²) in [4.78, 5) is 13.2. The van der Waals surface area contributed by atoms with E-state index >= 15 is 8.78 Å². The smallest absolute Gasteiger partial charge is 0.328 e. The molecule has 1 N–H and O–H groups in total. The maximum absolute atomic E-state index is 15.6. The molecule has 4 aliphatic carbocycles. The van der Waals surface area contributed by atoms with Gasteiger partial charge in [0, 0.05) is 24.2 Å². The summed E-state index contributed by atoms with van der Waals surface area (Å²) >= 11 is 0. The monoisotopic (exact) mass is 447 g/mol. The Balaban J connectivity index is 1.46. The fraction of sp³-hybridized carbons (Fsp3) is 0.393. The Morgan fingerprint density at radius 1 is 1.18 bits per heavy atom. The van der Waals surface area contributed by atoms with E-state index < -0.39 is 23.6 Å². The zero-order chi connectivity index (χ0) is 22.9. The van der Waals surface area contributed by atoms with Gasteiger partial charge >= 0.3 is 5.97 Å². The average Bonchev–Trinajstić information content (AvgIpc) is 3.07. The maximum atomic E-state index is 15.6. The molecule has 2 aromatic carbocycles. The molecule has 1 aliphatic heterocycles. The predicted molar refractivity (Wildman–Crippen MR) is 123 cm³/mol. The van der Waals surface area contributed by atoms with E-state index in [4.69, 9.17) is 5.11 Å². The van der Waals surface area contributed by atoms with Crippen LogP contribution < -0.4 is 0 Å². The van der Waals surface area contributed by atoms with Gasteiger partial charge in [-0.2, -0.15) is 0 Å². The van der Waals surface area contributed by atoms with Crippen molar-refractivity contribution in [2.75, 3.05) is 6.54 Å². The summed E-state index contributed by atoms with van der Waals surface area (Å²) in [5.41, 5.74) is 5.44. The summed E-state index contributed by atoms with van der Waals surface area (Å²) < 4.78 is 31.1. The van der Waals surface area contributed by atoms with Crippen LogP contribution in [0.15, 0.2) is 48.0 Å². The zero-order valence-electron chi connectivity index (χ0n) is 18.7. The fourth-order valence-corrected chi connectivity index (χ4v) is 6.78. The van der Waals surface area contributed by atoms with Crippen molar-refractivity contribution in [1.82, 2.24) is 4.90 Å². The van der Waals surface area contributed by atoms with Crippen LogP contribution in [0.25, 0.3) is 11.6 Å². The van der Waals surface area contributed by atoms with Gasteiger partial charge in [0.2, 0.25) is 0 Å². The van der Waals surface area contributed by atoms with Crippen LogP contribution in [0.3, 0.4) is 0 Å². The van der Waals surface area contributed by atoms with Crippen LogP contribution in [0, 0.1) is 23.0 Å². The number of halogens is 2. The molecule has 7 rings (SSSR count). The van der Waals surface area contributed by atoms with Crippen molar-refractivity contribution < 1.29 is 18.7 Å². The third-order valence-corrected chi connectivity index (χ3v) is 8.31. The van der Waals surface area contributed by atoms with Gasteiger partial charge in [0.1, 0.15) is 11.6 Å². The molecule has 0 aromatic heterocycles. The van der Waals surface area contributed by atoms with Crippen molar-refractivity contribution in [1.29, 1.82) is 0 Å². The molecule has 3 nitrogen and oxygen atoms in total. The number of carbonyl (C=O) groups is 1. The topological polar surface area (TPSA) is 40.5 Å². The average molecular weight is 448 g/mol. The number of fused-ring (bicyclic) bond motifs is 2. The summed E-state index contributed by atoms with van der Waals surface area (Å²) in [5.74, 6) is -1.51. The van der Waals surface area contributed by atoms with E-state index in [0.717, 1.165) is 30.5 Å². The highest BCUT2D eigenvalue weighted by Crippen LogP contribution is 2.65. The third kappa shape index (κ3) is 3.28. The van der Waals surface area contributed by atoms with Crippen molar-refractivity contribution >= 4 is 17.6 Å². The van der Waals surface area contributed by atoms with Crippen LogP contribution in [0.4, 0.5) is 8.78 Å². The first kappa shape index (κ1) is 20.8. The van der Waals surface area contributed by atoms with E-state index in [9.17, 15) is 4.79 Å². The van der Waals surface area contributed by atoms with Crippen molar-refractivity contribution in [2.24, 2.45) is 11.3 Å². The Morgan fingerprint density at radius 2 is 1.88 bits per heavy atom. The van der Waals surface area contributed by atoms with E-state index in [1.165, 1.54) is 54.2 Å². The minimum absolute atomic E-state index is 0.0981. The molecule has 3 fully saturated rings. The van der Waals surface area contributed by atoms with Gasteiger partial charge in [-0.25, -0.2) is 13.6 Å². The van der Waals surface area contributed by atoms with Crippen LogP contribution in [0.5, 0.6) is 0 Å². The largest absolute Gasteiger partial charge is 0.478 e. The van der Waals surface area contributed by atoms with E-state index in [1.807, 2.05) is 12.1 Å². The summed E-state index contributed by atoms with van der Waals surface area (Å²) in [5, 5.41) is 8.88. The van der Waals surface area contributed by atoms with Crippen LogP contribution in [0.2, 0.25) is 0 Å². The lowest BCUT2D eigenvalue weighted by Crippen LogP contribution is -2.59. The molecule has 0 saturated heterocycles. The Morgan fingerprint density at radius 3 is 2.52 bits per heavy atom. The van der Waals surface area contributed by atoms with Crippen molar-refractivity contribution in [3.63, 3.8) is 0 Å². The summed E-state index contributed by atoms with van der Waals surface area (Å²) in [7, 11) is 0. The lowest BCUT2D eigenvalue weighted by molar-refractivity contribution is -0.134. The second-order valence-electron chi connectivity index (χ2n) is 10.5. The van der Waals surface area contributed by atoms with Gasteiger partial charge in [-0.3, -0.25) is 4.90 Å². The van der Waals surface area contributed by atoms with E-state index in [1.54, 1.807) is 0 Å². The first-order valence-corrected chi connectivity index (χ1v) is 11.8. The molecule has 0 radical (unpaired) electrons. The highest BCUT2D eigenvalue weighted by molar-refractivity contribution is 5.85. The number of carboxylic acids is 1. The molecule has 2 atom stereocenters. The second-order valence-corrected chi connectivity index (χ2v) is 10.5. The van der Waals surface area contributed by atoms with Crippen LogP contribution in [0.1, 0.15) is 60.9 Å². The zero-order valence-corrected chi connectivity index (χ0v) is 18.7. The molecule has 0 amide bonds. The molecule has 5 aliphatic rings. The molecule has 33 heavy (non-hydrogen) atoms. The molecule has 3 saturated carbocycles. The number of hydrogen-bond donors (Lipinski definition) is 1. The van der Waals surface area contributed by atoms with E-state index in [2.05, 4.69) is 24.0 Å². The Labute approximate surface area is 192 Å². The quantitative estimate of drug-likeness (QED) is 0.571. The first-order chi connectivity index (χ1) is 15.8. The third-order valence-electron chi connectivity index (χ3n) is 8.31. The molecule has 2 aromatic rings. The number of benzene rings is 2. The van der Waals surface area contributed by atoms with Crippen molar-refractivity contribution in [3.05, 3.63) is 81.9 Å². The highest BCUT2D eigenvalue weighted by atomic mass is 19.1. The normalized spacial score (nSPS) is 30.1. The molecule has 5 heteroatoms. The van der Waals surface area contributed by atoms with Gasteiger partial charge in [0.15, 0.2) is 0 Å². The number of hydrogen-bond acceptors (Lipinski definition) is 2. The van der Waals surface area contributed by atoms with Gasteiger partial charge in [0.05, 0.1) is 6.04 Å². The van der Waals surface area contributed by atoms with Gasteiger partial charge in [-0.15, -0.1) is 0 Å². The minimum atomic E-state index is -1.15. The van der Waals surface area contributed by atoms with E-state index in [-0.39, 0.29) is 17.2 Å². The van der Waals surface area contributed by atoms with Crippen molar-refractivity contribution in [3.8, 4) is 0 Å². The van der Waals surface area contributed by atoms with Crippen LogP contribution in [-0.4, -0.2) is 28.6 Å². The molecule has 1 heterocycles. The number of nitrogens with zero attached hydrogens (tertiary/aromatic N) is 1. The van der Waals surface area contributed by atoms with Crippen molar-refractivity contribution in [2.45, 2.75) is 51.1 Å². The van der Waals surface area contributed by atoms with Gasteiger partial charge in [-0.1, -0.05) is 24.3 Å². The standard InChI is InChI=1S/C28H27F2NO2/c1-16-8-21-20-5-3-2-4-19(20)11-22(21)27(31(16)15-28-12-18(13-28)14-28)26-23(29)9-17(10-24(26)30)6-7-25(32)33/h2-7,9-10,16,18,27H,8,11-15H2,1H3,(H,32,33)/b7-6+. The number of rotatable bonds is 5.